The summed E-state index contributed by atoms with van der Waals surface area (Å²) in [7, 11) is 2.03. The molecule has 1 rings (SSSR count). The summed E-state index contributed by atoms with van der Waals surface area (Å²) in [5.41, 5.74) is 5.50. The number of amides is 1. The van der Waals surface area contributed by atoms with Crippen LogP contribution in [0.25, 0.3) is 0 Å². The van der Waals surface area contributed by atoms with E-state index in [9.17, 15) is 4.79 Å². The van der Waals surface area contributed by atoms with Crippen LogP contribution in [-0.2, 0) is 4.79 Å². The molecule has 16 heavy (non-hydrogen) atoms. The molecule has 1 fully saturated rings. The van der Waals surface area contributed by atoms with Crippen LogP contribution in [0.4, 0.5) is 0 Å². The molecule has 0 aromatic heterocycles. The number of oxime groups is 1. The fourth-order valence-corrected chi connectivity index (χ4v) is 1.83. The Kier molecular flexibility index (Phi) is 4.54. The Labute approximate surface area is 95.7 Å². The molecular formula is C10H20N4O2. The van der Waals surface area contributed by atoms with Gasteiger partial charge in [0.15, 0.2) is 5.84 Å². The molecule has 6 nitrogen and oxygen atoms in total. The van der Waals surface area contributed by atoms with E-state index in [1.807, 2.05) is 14.0 Å². The molecule has 3 N–H and O–H groups in total. The maximum absolute atomic E-state index is 12.1. The lowest BCUT2D eigenvalue weighted by Gasteiger charge is -2.34. The van der Waals surface area contributed by atoms with Gasteiger partial charge in [0.05, 0.1) is 5.92 Å². The van der Waals surface area contributed by atoms with E-state index in [-0.39, 0.29) is 11.7 Å². The smallest absolute Gasteiger partial charge is 0.233 e. The fourth-order valence-electron chi connectivity index (χ4n) is 1.83. The van der Waals surface area contributed by atoms with Crippen molar-refractivity contribution in [2.45, 2.75) is 13.3 Å². The van der Waals surface area contributed by atoms with Gasteiger partial charge in [-0.25, -0.2) is 0 Å². The van der Waals surface area contributed by atoms with E-state index in [1.165, 1.54) is 0 Å². The van der Waals surface area contributed by atoms with Crippen molar-refractivity contribution in [1.82, 2.24) is 9.80 Å². The number of nitrogens with zero attached hydrogens (tertiary/aromatic N) is 3. The van der Waals surface area contributed by atoms with Crippen LogP contribution >= 0.6 is 0 Å². The van der Waals surface area contributed by atoms with E-state index in [1.54, 1.807) is 4.90 Å². The van der Waals surface area contributed by atoms with Gasteiger partial charge < -0.3 is 20.7 Å². The third-order valence-corrected chi connectivity index (χ3v) is 2.99. The highest BCUT2D eigenvalue weighted by atomic mass is 16.4. The van der Waals surface area contributed by atoms with Gasteiger partial charge in [-0.05, 0) is 13.5 Å². The highest BCUT2D eigenvalue weighted by Crippen LogP contribution is 2.10. The lowest BCUT2D eigenvalue weighted by molar-refractivity contribution is -0.135. The second kappa shape index (κ2) is 5.69. The molecule has 1 saturated heterocycles. The Morgan fingerprint density at radius 3 is 2.44 bits per heavy atom. The summed E-state index contributed by atoms with van der Waals surface area (Å²) >= 11 is 0. The zero-order chi connectivity index (χ0) is 12.1. The number of nitrogens with two attached hydrogens (primary N) is 1. The quantitative estimate of drug-likeness (QED) is 0.296. The van der Waals surface area contributed by atoms with Crippen LogP contribution in [0.2, 0.25) is 0 Å². The Morgan fingerprint density at radius 2 is 2.00 bits per heavy atom. The molecule has 1 aliphatic heterocycles. The van der Waals surface area contributed by atoms with Crippen molar-refractivity contribution < 1.29 is 10.0 Å². The first-order chi connectivity index (χ1) is 7.60. The maximum Gasteiger partial charge on any atom is 0.233 e. The molecule has 1 heterocycles. The van der Waals surface area contributed by atoms with Crippen molar-refractivity contribution in [3.8, 4) is 0 Å². The molecule has 6 heteroatoms. The Balaban J connectivity index is 2.62. The summed E-state index contributed by atoms with van der Waals surface area (Å²) < 4.78 is 0. The number of carbonyl (C=O) groups excluding carboxylic acids is 1. The summed E-state index contributed by atoms with van der Waals surface area (Å²) in [6.45, 7) is 5.03. The summed E-state index contributed by atoms with van der Waals surface area (Å²) in [6.07, 6.45) is 0.557. The van der Waals surface area contributed by atoms with Crippen LogP contribution in [-0.4, -0.2) is 60.0 Å². The Morgan fingerprint density at radius 1 is 1.44 bits per heavy atom. The van der Waals surface area contributed by atoms with Crippen molar-refractivity contribution in [2.75, 3.05) is 33.2 Å². The van der Waals surface area contributed by atoms with Gasteiger partial charge in [-0.15, -0.1) is 0 Å². The van der Waals surface area contributed by atoms with Gasteiger partial charge in [0.2, 0.25) is 5.91 Å². The highest BCUT2D eigenvalue weighted by molar-refractivity contribution is 6.02. The van der Waals surface area contributed by atoms with Gasteiger partial charge in [-0.2, -0.15) is 0 Å². The van der Waals surface area contributed by atoms with Crippen LogP contribution in [0.5, 0.6) is 0 Å². The van der Waals surface area contributed by atoms with Crippen LogP contribution < -0.4 is 5.73 Å². The zero-order valence-corrected chi connectivity index (χ0v) is 9.89. The second-order valence-electron chi connectivity index (χ2n) is 4.11. The largest absolute Gasteiger partial charge is 0.409 e. The highest BCUT2D eigenvalue weighted by Gasteiger charge is 2.28. The number of amidine groups is 1. The van der Waals surface area contributed by atoms with E-state index in [0.717, 1.165) is 13.1 Å². The average molecular weight is 228 g/mol. The minimum absolute atomic E-state index is 0.00595. The molecule has 1 aliphatic rings. The molecule has 0 spiro atoms. The van der Waals surface area contributed by atoms with E-state index >= 15 is 0 Å². The molecule has 1 atom stereocenters. The van der Waals surface area contributed by atoms with Gasteiger partial charge in [-0.1, -0.05) is 12.1 Å². The molecule has 1 unspecified atom stereocenters. The maximum atomic E-state index is 12.1. The first kappa shape index (κ1) is 12.8. The Bertz CT molecular complexity index is 272. The molecule has 0 saturated carbocycles. The lowest BCUT2D eigenvalue weighted by Crippen LogP contribution is -2.50. The summed E-state index contributed by atoms with van der Waals surface area (Å²) in [6, 6.07) is 0. The van der Waals surface area contributed by atoms with Gasteiger partial charge in [0, 0.05) is 26.2 Å². The second-order valence-corrected chi connectivity index (χ2v) is 4.11. The third-order valence-electron chi connectivity index (χ3n) is 2.99. The van der Waals surface area contributed by atoms with Crippen LogP contribution in [0.1, 0.15) is 13.3 Å². The summed E-state index contributed by atoms with van der Waals surface area (Å²) in [5.74, 6) is -0.522. The van der Waals surface area contributed by atoms with Gasteiger partial charge in [-0.3, -0.25) is 4.79 Å². The molecule has 92 valence electrons. The van der Waals surface area contributed by atoms with Crippen LogP contribution in [0, 0.1) is 5.92 Å². The lowest BCUT2D eigenvalue weighted by atomic mass is 10.0. The standard InChI is InChI=1S/C10H20N4O2/c1-3-8(9(11)12-16)10(15)14-6-4-13(2)5-7-14/h8,16H,3-7H2,1-2H3,(H2,11,12). The normalized spacial score (nSPS) is 20.9. The van der Waals surface area contributed by atoms with E-state index in [4.69, 9.17) is 10.9 Å². The number of piperazine rings is 1. The van der Waals surface area contributed by atoms with Crippen molar-refractivity contribution >= 4 is 11.7 Å². The fraction of sp³-hybridized carbons (Fsp3) is 0.800. The van der Waals surface area contributed by atoms with Crippen molar-refractivity contribution in [3.05, 3.63) is 0 Å². The average Bonchev–Trinajstić information content (AvgIpc) is 2.30. The number of rotatable bonds is 3. The first-order valence-corrected chi connectivity index (χ1v) is 5.54. The summed E-state index contributed by atoms with van der Waals surface area (Å²) in [4.78, 5) is 16.0. The molecule has 0 aliphatic carbocycles. The minimum Gasteiger partial charge on any atom is -0.409 e. The molecule has 1 amide bonds. The minimum atomic E-state index is -0.492. The van der Waals surface area contributed by atoms with E-state index in [2.05, 4.69) is 10.1 Å². The summed E-state index contributed by atoms with van der Waals surface area (Å²) in [5, 5.41) is 11.5. The number of hydrogen-bond donors (Lipinski definition) is 2. The van der Waals surface area contributed by atoms with Gasteiger partial charge in [0.1, 0.15) is 0 Å². The van der Waals surface area contributed by atoms with Crippen molar-refractivity contribution in [3.63, 3.8) is 0 Å². The van der Waals surface area contributed by atoms with Crippen LogP contribution in [0.3, 0.4) is 0 Å². The Hall–Kier alpha value is -1.30. The third kappa shape index (κ3) is 2.85. The van der Waals surface area contributed by atoms with Gasteiger partial charge in [0.25, 0.3) is 0 Å². The monoisotopic (exact) mass is 228 g/mol. The van der Waals surface area contributed by atoms with E-state index in [0.29, 0.717) is 19.5 Å². The van der Waals surface area contributed by atoms with E-state index < -0.39 is 5.92 Å². The SMILES string of the molecule is CCC(C(=O)N1CCN(C)CC1)C(N)=NO. The van der Waals surface area contributed by atoms with Crippen LogP contribution in [0.15, 0.2) is 5.16 Å². The van der Waals surface area contributed by atoms with Crippen molar-refractivity contribution in [2.24, 2.45) is 16.8 Å². The molecule has 0 radical (unpaired) electrons. The number of likely N-dealkylation sites (N-methyl/N-ethyl adjacent to an activating group) is 1. The first-order valence-electron chi connectivity index (χ1n) is 5.54. The topological polar surface area (TPSA) is 82.2 Å². The molecular weight excluding hydrogens is 208 g/mol. The predicted octanol–water partition coefficient (Wildman–Crippen LogP) is -0.467. The molecule has 0 bridgehead atoms. The number of carbonyl (C=O) groups is 1. The van der Waals surface area contributed by atoms with Gasteiger partial charge >= 0.3 is 0 Å². The zero-order valence-electron chi connectivity index (χ0n) is 9.89. The molecule has 0 aromatic carbocycles. The number of hydrogen-bond acceptors (Lipinski definition) is 4. The molecule has 0 aromatic rings. The predicted molar refractivity (Wildman–Crippen MR) is 61.3 cm³/mol. The van der Waals surface area contributed by atoms with Crippen molar-refractivity contribution in [1.29, 1.82) is 0 Å².